The van der Waals surface area contributed by atoms with Gasteiger partial charge in [0.2, 0.25) is 0 Å². The predicted octanol–water partition coefficient (Wildman–Crippen LogP) is 4.91. The van der Waals surface area contributed by atoms with Gasteiger partial charge in [0.25, 0.3) is 0 Å². The number of fused-ring (bicyclic) bond motifs is 1. The number of nitrogens with zero attached hydrogens (tertiary/aromatic N) is 1. The molecular weight excluding hydrogens is 412 g/mol. The van der Waals surface area contributed by atoms with Gasteiger partial charge in [0.1, 0.15) is 0 Å². The van der Waals surface area contributed by atoms with E-state index >= 15 is 0 Å². The molecule has 4 fully saturated rings. The maximum atomic E-state index is 12.5. The Hall–Kier alpha value is -0.820. The maximum absolute atomic E-state index is 12.5. The number of rotatable bonds is 6. The maximum Gasteiger partial charge on any atom is 0.345 e. The normalized spacial score (nSPS) is 40.8. The van der Waals surface area contributed by atoms with E-state index in [-0.39, 0.29) is 6.10 Å². The summed E-state index contributed by atoms with van der Waals surface area (Å²) >= 11 is 0. The van der Waals surface area contributed by atoms with E-state index in [0.717, 1.165) is 25.1 Å². The van der Waals surface area contributed by atoms with Gasteiger partial charge in [-0.3, -0.25) is 0 Å². The quantitative estimate of drug-likeness (QED) is 0.600. The monoisotopic (exact) mass is 453 g/mol. The van der Waals surface area contributed by atoms with E-state index < -0.39 is 18.8 Å². The summed E-state index contributed by atoms with van der Waals surface area (Å²) in [5.41, 5.74) is 3.00. The fraction of sp³-hybridized carbons (Fsp3) is 0.846. The zero-order valence-corrected chi connectivity index (χ0v) is 19.7. The second-order valence-corrected chi connectivity index (χ2v) is 11.2. The van der Waals surface area contributed by atoms with E-state index in [1.807, 2.05) is 0 Å². The van der Waals surface area contributed by atoms with Crippen molar-refractivity contribution in [3.8, 4) is 0 Å². The molecule has 0 spiro atoms. The minimum absolute atomic E-state index is 0.298. The zero-order chi connectivity index (χ0) is 22.9. The van der Waals surface area contributed by atoms with Crippen LogP contribution in [0, 0.1) is 23.2 Å². The summed E-state index contributed by atoms with van der Waals surface area (Å²) in [5.74, 6) is 1.79. The van der Waals surface area contributed by atoms with Crippen LogP contribution >= 0.6 is 0 Å². The van der Waals surface area contributed by atoms with Crippen LogP contribution in [0.4, 0.5) is 8.78 Å². The molecule has 3 aliphatic carbocycles. The van der Waals surface area contributed by atoms with E-state index in [4.69, 9.17) is 4.74 Å². The lowest BCUT2D eigenvalue weighted by Gasteiger charge is -2.45. The van der Waals surface area contributed by atoms with Crippen LogP contribution in [0.3, 0.4) is 0 Å². The lowest BCUT2D eigenvalue weighted by molar-refractivity contribution is -0.158. The molecule has 182 valence electrons. The molecular formula is C26H41F2NO3. The van der Waals surface area contributed by atoms with Crippen molar-refractivity contribution in [2.45, 2.75) is 96.6 Å². The standard InChI is InChI=1S/C26H41F2NO3/c1-17(15-29-11-9-22(16-29)32-25(27)28)23-7-8-24-19(4-3-10-26(23,24)2)6-5-18-12-20(30)14-21(31)13-18/h5-6,17,20-25,30-31H,3-4,7-16H2,1-2H3/b19-6+/t17-,20-,21-,22-,23-,24+,26-/m1/s1. The Morgan fingerprint density at radius 1 is 1.16 bits per heavy atom. The molecule has 0 amide bonds. The topological polar surface area (TPSA) is 52.9 Å². The Balaban J connectivity index is 1.39. The third-order valence-corrected chi connectivity index (χ3v) is 8.87. The Labute approximate surface area is 191 Å². The van der Waals surface area contributed by atoms with E-state index in [1.54, 1.807) is 5.57 Å². The van der Waals surface area contributed by atoms with Gasteiger partial charge < -0.3 is 19.8 Å². The number of aliphatic hydroxyl groups excluding tert-OH is 2. The van der Waals surface area contributed by atoms with Crippen LogP contribution < -0.4 is 0 Å². The molecule has 0 aromatic carbocycles. The van der Waals surface area contributed by atoms with Crippen molar-refractivity contribution in [3.05, 3.63) is 23.3 Å². The first-order valence-electron chi connectivity index (χ1n) is 12.6. The molecule has 1 aliphatic heterocycles. The van der Waals surface area contributed by atoms with Crippen molar-refractivity contribution in [2.24, 2.45) is 23.2 Å². The molecule has 1 heterocycles. The Bertz CT molecular complexity index is 699. The fourth-order valence-electron chi connectivity index (χ4n) is 7.50. The average Bonchev–Trinajstić information content (AvgIpc) is 3.28. The lowest BCUT2D eigenvalue weighted by Crippen LogP contribution is -2.39. The zero-order valence-electron chi connectivity index (χ0n) is 19.7. The molecule has 3 saturated carbocycles. The van der Waals surface area contributed by atoms with Crippen LogP contribution in [-0.2, 0) is 4.74 Å². The lowest BCUT2D eigenvalue weighted by atomic mass is 9.61. The highest BCUT2D eigenvalue weighted by molar-refractivity contribution is 5.26. The van der Waals surface area contributed by atoms with Crippen molar-refractivity contribution in [1.29, 1.82) is 0 Å². The third-order valence-electron chi connectivity index (χ3n) is 8.87. The number of hydrogen-bond donors (Lipinski definition) is 2. The minimum Gasteiger partial charge on any atom is -0.393 e. The van der Waals surface area contributed by atoms with Gasteiger partial charge in [-0.1, -0.05) is 37.1 Å². The SMILES string of the molecule is C[C@H](CN1CC[C@@H](OC(F)F)C1)[C@H]1CC[C@H]2/C(=C/C=C3C[C@@H](O)C[C@H](O)C3)CCC[C@]12C. The van der Waals surface area contributed by atoms with Gasteiger partial charge in [0, 0.05) is 19.6 Å². The van der Waals surface area contributed by atoms with Crippen molar-refractivity contribution < 1.29 is 23.7 Å². The largest absolute Gasteiger partial charge is 0.393 e. The van der Waals surface area contributed by atoms with E-state index in [9.17, 15) is 19.0 Å². The number of likely N-dealkylation sites (tertiary alicyclic amines) is 1. The summed E-state index contributed by atoms with van der Waals surface area (Å²) in [7, 11) is 0. The molecule has 4 aliphatic rings. The molecule has 0 aromatic rings. The first-order chi connectivity index (χ1) is 15.2. The predicted molar refractivity (Wildman–Crippen MR) is 121 cm³/mol. The number of alkyl halides is 2. The summed E-state index contributed by atoms with van der Waals surface area (Å²) in [6, 6.07) is 0. The first-order valence-corrected chi connectivity index (χ1v) is 12.6. The summed E-state index contributed by atoms with van der Waals surface area (Å²) < 4.78 is 29.8. The van der Waals surface area contributed by atoms with Crippen LogP contribution in [-0.4, -0.2) is 59.7 Å². The van der Waals surface area contributed by atoms with Crippen LogP contribution in [0.25, 0.3) is 0 Å². The van der Waals surface area contributed by atoms with E-state index in [0.29, 0.717) is 55.4 Å². The number of aliphatic hydroxyl groups is 2. The number of hydrogen-bond acceptors (Lipinski definition) is 4. The van der Waals surface area contributed by atoms with Gasteiger partial charge >= 0.3 is 6.61 Å². The second-order valence-electron chi connectivity index (χ2n) is 11.2. The van der Waals surface area contributed by atoms with E-state index in [2.05, 4.69) is 30.9 Å². The van der Waals surface area contributed by atoms with Gasteiger partial charge in [-0.25, -0.2) is 0 Å². The average molecular weight is 454 g/mol. The molecule has 6 heteroatoms. The van der Waals surface area contributed by atoms with Crippen LogP contribution in [0.5, 0.6) is 0 Å². The first kappa shape index (κ1) is 24.3. The number of ether oxygens (including phenoxy) is 1. The van der Waals surface area contributed by atoms with Crippen LogP contribution in [0.15, 0.2) is 23.3 Å². The fourth-order valence-corrected chi connectivity index (χ4v) is 7.50. The Morgan fingerprint density at radius 3 is 2.62 bits per heavy atom. The molecule has 0 bridgehead atoms. The molecule has 1 saturated heterocycles. The molecule has 0 aromatic heterocycles. The summed E-state index contributed by atoms with van der Waals surface area (Å²) in [6.07, 6.45) is 11.9. The van der Waals surface area contributed by atoms with E-state index in [1.165, 1.54) is 25.7 Å². The van der Waals surface area contributed by atoms with Crippen molar-refractivity contribution in [1.82, 2.24) is 4.90 Å². The Morgan fingerprint density at radius 2 is 1.91 bits per heavy atom. The molecule has 32 heavy (non-hydrogen) atoms. The highest BCUT2D eigenvalue weighted by Crippen LogP contribution is 2.59. The van der Waals surface area contributed by atoms with Crippen molar-refractivity contribution in [2.75, 3.05) is 19.6 Å². The van der Waals surface area contributed by atoms with Crippen LogP contribution in [0.1, 0.15) is 71.6 Å². The van der Waals surface area contributed by atoms with Gasteiger partial charge in [0.05, 0.1) is 18.3 Å². The highest BCUT2D eigenvalue weighted by atomic mass is 19.3. The minimum atomic E-state index is -2.67. The van der Waals surface area contributed by atoms with Crippen molar-refractivity contribution >= 4 is 0 Å². The van der Waals surface area contributed by atoms with Gasteiger partial charge in [-0.05, 0) is 81.0 Å². The molecule has 2 N–H and O–H groups in total. The highest BCUT2D eigenvalue weighted by Gasteiger charge is 2.50. The Kier molecular flexibility index (Phi) is 7.75. The van der Waals surface area contributed by atoms with Gasteiger partial charge in [-0.2, -0.15) is 8.78 Å². The number of halogens is 2. The van der Waals surface area contributed by atoms with Crippen LogP contribution in [0.2, 0.25) is 0 Å². The molecule has 4 nitrogen and oxygen atoms in total. The summed E-state index contributed by atoms with van der Waals surface area (Å²) in [4.78, 5) is 2.32. The molecule has 0 radical (unpaired) electrons. The number of allylic oxidation sites excluding steroid dienone is 3. The van der Waals surface area contributed by atoms with Crippen molar-refractivity contribution in [3.63, 3.8) is 0 Å². The molecule has 4 rings (SSSR count). The summed E-state index contributed by atoms with van der Waals surface area (Å²) in [6.45, 7) is 4.60. The molecule has 7 atom stereocenters. The van der Waals surface area contributed by atoms with Gasteiger partial charge in [0.15, 0.2) is 0 Å². The third kappa shape index (κ3) is 5.45. The summed E-state index contributed by atoms with van der Waals surface area (Å²) in [5, 5.41) is 20.0. The second kappa shape index (κ2) is 10.2. The smallest absolute Gasteiger partial charge is 0.345 e. The molecule has 0 unspecified atom stereocenters. The van der Waals surface area contributed by atoms with Gasteiger partial charge in [-0.15, -0.1) is 0 Å².